The van der Waals surface area contributed by atoms with Crippen LogP contribution in [0.25, 0.3) is 0 Å². The van der Waals surface area contributed by atoms with Gasteiger partial charge in [-0.25, -0.2) is 0 Å². The molecule has 0 aliphatic carbocycles. The van der Waals surface area contributed by atoms with Gasteiger partial charge in [0, 0.05) is 11.5 Å². The molecule has 40 heavy (non-hydrogen) atoms. The normalized spacial score (nSPS) is 24.2. The Bertz CT molecular complexity index is 1030. The smallest absolute Gasteiger partial charge is 0.308 e. The second-order valence-corrected chi connectivity index (χ2v) is 17.8. The van der Waals surface area contributed by atoms with Gasteiger partial charge in [-0.1, -0.05) is 74.6 Å². The lowest BCUT2D eigenvalue weighted by Gasteiger charge is -2.40. The van der Waals surface area contributed by atoms with Crippen molar-refractivity contribution in [3.63, 3.8) is 0 Å². The fourth-order valence-electron chi connectivity index (χ4n) is 4.45. The van der Waals surface area contributed by atoms with Gasteiger partial charge in [0.2, 0.25) is 0 Å². The summed E-state index contributed by atoms with van der Waals surface area (Å²) in [6.45, 7) is 24.9. The molecular weight excluding hydrogens is 635 g/mol. The number of ether oxygens (including phenoxy) is 4. The molecule has 0 bridgehead atoms. The summed E-state index contributed by atoms with van der Waals surface area (Å²) in [7, 11) is -0.534. The highest BCUT2D eigenvalue weighted by Crippen LogP contribution is 2.43. The number of halogens is 1. The molecule has 1 saturated heterocycles. The second-order valence-electron chi connectivity index (χ2n) is 12.4. The molecule has 0 radical (unpaired) electrons. The number of carbonyl (C=O) groups excluding carboxylic acids is 1. The molecular formula is C32H49IO6Si. The molecule has 1 fully saturated rings. The predicted octanol–water partition coefficient (Wildman–Crippen LogP) is 8.69. The number of rotatable bonds is 14. The van der Waals surface area contributed by atoms with Crippen molar-refractivity contribution in [3.8, 4) is 5.75 Å². The Morgan fingerprint density at radius 3 is 2.35 bits per heavy atom. The maximum absolute atomic E-state index is 13.3. The van der Waals surface area contributed by atoms with Crippen molar-refractivity contribution in [2.45, 2.75) is 109 Å². The Morgan fingerprint density at radius 1 is 1.23 bits per heavy atom. The van der Waals surface area contributed by atoms with Gasteiger partial charge < -0.3 is 23.4 Å². The van der Waals surface area contributed by atoms with E-state index in [1.807, 2.05) is 55.2 Å². The average molecular weight is 685 g/mol. The molecule has 1 aromatic carbocycles. The van der Waals surface area contributed by atoms with Gasteiger partial charge in [-0.15, -0.1) is 13.2 Å². The van der Waals surface area contributed by atoms with Crippen molar-refractivity contribution in [1.29, 1.82) is 0 Å². The summed E-state index contributed by atoms with van der Waals surface area (Å²) >= 11 is 2.18. The SMILES string of the molecule is C=C[C@@H]1OC(c2ccc(OC)cc2)O[C@]1(C)CC[C@@H](CC(=O)O[C@@H](C(C)=CI)[C@@H](C)C=C)O[Si](C)(C)C(C)(C)C. The number of benzene rings is 1. The largest absolute Gasteiger partial charge is 0.497 e. The third kappa shape index (κ3) is 9.02. The average Bonchev–Trinajstić information content (AvgIpc) is 3.25. The highest BCUT2D eigenvalue weighted by Gasteiger charge is 2.46. The van der Waals surface area contributed by atoms with Crippen molar-refractivity contribution in [2.24, 2.45) is 5.92 Å². The molecule has 1 aliphatic rings. The quantitative estimate of drug-likeness (QED) is 0.0846. The molecule has 0 N–H and O–H groups in total. The van der Waals surface area contributed by atoms with E-state index in [9.17, 15) is 4.79 Å². The zero-order chi connectivity index (χ0) is 30.3. The summed E-state index contributed by atoms with van der Waals surface area (Å²) in [5.41, 5.74) is 1.27. The summed E-state index contributed by atoms with van der Waals surface area (Å²) in [6, 6.07) is 7.68. The molecule has 0 saturated carbocycles. The molecule has 1 aromatic rings. The standard InChI is InChI=1S/C32H49IO6Si/c1-12-22(3)29(23(4)21-33)37-28(34)20-26(39-40(10,11)31(5,6)7)18-19-32(8)27(13-2)36-30(38-32)24-14-16-25(35-9)17-15-24/h12-17,21-22,26-27,29-30H,1-2,18-20H2,3-11H3/t22-,26-,27-,29+,30?,32+/m0/s1. The van der Waals surface area contributed by atoms with Gasteiger partial charge in [-0.2, -0.15) is 0 Å². The minimum Gasteiger partial charge on any atom is -0.497 e. The Morgan fingerprint density at radius 2 is 1.85 bits per heavy atom. The Kier molecular flexibility index (Phi) is 12.7. The highest BCUT2D eigenvalue weighted by atomic mass is 127. The fraction of sp³-hybridized carbons (Fsp3) is 0.594. The number of hydrogen-bond acceptors (Lipinski definition) is 6. The number of hydrogen-bond donors (Lipinski definition) is 0. The van der Waals surface area contributed by atoms with Gasteiger partial charge in [0.25, 0.3) is 0 Å². The van der Waals surface area contributed by atoms with Crippen molar-refractivity contribution in [3.05, 3.63) is 64.8 Å². The number of carbonyl (C=O) groups is 1. The van der Waals surface area contributed by atoms with E-state index in [1.54, 1.807) is 13.2 Å². The summed E-state index contributed by atoms with van der Waals surface area (Å²) in [4.78, 5) is 13.3. The lowest BCUT2D eigenvalue weighted by molar-refractivity contribution is -0.151. The van der Waals surface area contributed by atoms with Crippen LogP contribution in [-0.4, -0.2) is 45.3 Å². The van der Waals surface area contributed by atoms with Crippen molar-refractivity contribution in [2.75, 3.05) is 7.11 Å². The molecule has 8 heteroatoms. The van der Waals surface area contributed by atoms with Gasteiger partial charge in [0.05, 0.1) is 25.2 Å². The van der Waals surface area contributed by atoms with Gasteiger partial charge in [-0.05, 0) is 66.6 Å². The van der Waals surface area contributed by atoms with Gasteiger partial charge >= 0.3 is 5.97 Å². The number of esters is 1. The summed E-state index contributed by atoms with van der Waals surface area (Å²) in [5.74, 6) is 0.502. The van der Waals surface area contributed by atoms with Crippen LogP contribution >= 0.6 is 22.6 Å². The van der Waals surface area contributed by atoms with Crippen LogP contribution in [0.15, 0.2) is 59.2 Å². The molecule has 0 spiro atoms. The zero-order valence-corrected chi connectivity index (χ0v) is 28.9. The van der Waals surface area contributed by atoms with Crippen molar-refractivity contribution >= 4 is 36.9 Å². The maximum Gasteiger partial charge on any atom is 0.308 e. The molecule has 1 aliphatic heterocycles. The van der Waals surface area contributed by atoms with Crippen LogP contribution in [0.3, 0.4) is 0 Å². The predicted molar refractivity (Wildman–Crippen MR) is 173 cm³/mol. The first-order valence-corrected chi connectivity index (χ1v) is 18.1. The summed E-state index contributed by atoms with van der Waals surface area (Å²) in [5, 5.41) is -0.00440. The van der Waals surface area contributed by atoms with Crippen LogP contribution in [0.2, 0.25) is 18.1 Å². The Hall–Kier alpha value is -1.46. The fourth-order valence-corrected chi connectivity index (χ4v) is 6.19. The van der Waals surface area contributed by atoms with Crippen LogP contribution in [-0.2, 0) is 23.4 Å². The van der Waals surface area contributed by atoms with Gasteiger partial charge in [-0.3, -0.25) is 4.79 Å². The van der Waals surface area contributed by atoms with E-state index in [4.69, 9.17) is 23.4 Å². The van der Waals surface area contributed by atoms with Crippen LogP contribution < -0.4 is 4.74 Å². The number of methoxy groups -OCH3 is 1. The van der Waals surface area contributed by atoms with Crippen LogP contribution in [0.4, 0.5) is 0 Å². The van der Waals surface area contributed by atoms with E-state index in [2.05, 4.69) is 69.6 Å². The molecule has 224 valence electrons. The molecule has 1 unspecified atom stereocenters. The zero-order valence-electron chi connectivity index (χ0n) is 25.8. The minimum atomic E-state index is -2.17. The first kappa shape index (κ1) is 34.7. The van der Waals surface area contributed by atoms with Gasteiger partial charge in [0.15, 0.2) is 14.6 Å². The first-order chi connectivity index (χ1) is 18.6. The third-order valence-corrected chi connectivity index (χ3v) is 13.7. The maximum atomic E-state index is 13.3. The summed E-state index contributed by atoms with van der Waals surface area (Å²) in [6.07, 6.45) is 3.52. The Balaban J connectivity index is 2.23. The first-order valence-electron chi connectivity index (χ1n) is 14.0. The molecule has 0 aromatic heterocycles. The van der Waals surface area contributed by atoms with E-state index in [0.717, 1.165) is 16.9 Å². The highest BCUT2D eigenvalue weighted by molar-refractivity contribution is 14.1. The minimum absolute atomic E-state index is 0.000844. The van der Waals surface area contributed by atoms with E-state index in [0.29, 0.717) is 12.8 Å². The monoisotopic (exact) mass is 684 g/mol. The topological polar surface area (TPSA) is 63.2 Å². The van der Waals surface area contributed by atoms with E-state index in [1.165, 1.54) is 0 Å². The van der Waals surface area contributed by atoms with Crippen LogP contribution in [0.5, 0.6) is 5.75 Å². The molecule has 6 nitrogen and oxygen atoms in total. The second kappa shape index (κ2) is 14.6. The molecule has 2 rings (SSSR count). The van der Waals surface area contributed by atoms with E-state index < -0.39 is 20.2 Å². The third-order valence-electron chi connectivity index (χ3n) is 8.20. The van der Waals surface area contributed by atoms with Crippen LogP contribution in [0, 0.1) is 5.92 Å². The van der Waals surface area contributed by atoms with Crippen molar-refractivity contribution < 1.29 is 28.2 Å². The van der Waals surface area contributed by atoms with E-state index >= 15 is 0 Å². The molecule has 0 amide bonds. The lowest BCUT2D eigenvalue weighted by atomic mass is 9.91. The summed E-state index contributed by atoms with van der Waals surface area (Å²) < 4.78 is 32.8. The van der Waals surface area contributed by atoms with Gasteiger partial charge in [0.1, 0.15) is 18.0 Å². The van der Waals surface area contributed by atoms with Crippen molar-refractivity contribution in [1.82, 2.24) is 0 Å². The molecule has 6 atom stereocenters. The van der Waals surface area contributed by atoms with Crippen LogP contribution in [0.1, 0.15) is 72.7 Å². The Labute approximate surface area is 256 Å². The lowest BCUT2D eigenvalue weighted by Crippen LogP contribution is -2.45. The van der Waals surface area contributed by atoms with E-state index in [-0.39, 0.29) is 41.7 Å². The molecule has 1 heterocycles.